The summed E-state index contributed by atoms with van der Waals surface area (Å²) in [5, 5.41) is -0.619. The van der Waals surface area contributed by atoms with Gasteiger partial charge >= 0.3 is 0 Å². The highest BCUT2D eigenvalue weighted by Crippen LogP contribution is 2.38. The number of nitrogens with zero attached hydrogens (tertiary/aromatic N) is 1. The van der Waals surface area contributed by atoms with Gasteiger partial charge < -0.3 is 5.73 Å². The summed E-state index contributed by atoms with van der Waals surface area (Å²) in [4.78, 5) is 11.2. The van der Waals surface area contributed by atoms with Crippen molar-refractivity contribution >= 4 is 15.9 Å². The summed E-state index contributed by atoms with van der Waals surface area (Å²) in [7, 11) is -3.63. The Hall–Kier alpha value is -3.03. The molecule has 1 fully saturated rings. The molecule has 1 aliphatic rings. The number of amides is 1. The Labute approximate surface area is 187 Å². The van der Waals surface area contributed by atoms with Gasteiger partial charge in [-0.25, -0.2) is 12.8 Å². The van der Waals surface area contributed by atoms with E-state index in [1.165, 1.54) is 10.4 Å². The molecule has 0 aliphatic carbocycles. The number of carbonyl (C=O) groups is 1. The monoisotopic (exact) mass is 452 g/mol. The van der Waals surface area contributed by atoms with Crippen LogP contribution < -0.4 is 5.73 Å². The van der Waals surface area contributed by atoms with Crippen LogP contribution in [0, 0.1) is 5.82 Å². The van der Waals surface area contributed by atoms with Gasteiger partial charge in [0.05, 0.1) is 0 Å². The van der Waals surface area contributed by atoms with Gasteiger partial charge in [-0.1, -0.05) is 54.6 Å². The van der Waals surface area contributed by atoms with Gasteiger partial charge in [0.2, 0.25) is 15.9 Å². The number of carbonyl (C=O) groups excluding carboxylic acids is 1. The molecule has 0 aromatic heterocycles. The van der Waals surface area contributed by atoms with Crippen molar-refractivity contribution in [1.29, 1.82) is 0 Å². The Morgan fingerprint density at radius 2 is 1.66 bits per heavy atom. The van der Waals surface area contributed by atoms with Crippen LogP contribution in [0.25, 0.3) is 11.1 Å². The normalized spacial score (nSPS) is 20.7. The van der Waals surface area contributed by atoms with Crippen molar-refractivity contribution in [3.8, 4) is 11.1 Å². The number of sulfonamides is 1. The first-order chi connectivity index (χ1) is 15.3. The molecule has 0 bridgehead atoms. The zero-order valence-electron chi connectivity index (χ0n) is 17.7. The van der Waals surface area contributed by atoms with E-state index in [4.69, 9.17) is 5.73 Å². The van der Waals surface area contributed by atoms with E-state index >= 15 is 4.39 Å². The molecule has 32 heavy (non-hydrogen) atoms. The molecule has 1 aliphatic heterocycles. The minimum atomic E-state index is -3.63. The summed E-state index contributed by atoms with van der Waals surface area (Å²) in [5.74, 6) is -0.991. The lowest BCUT2D eigenvalue weighted by Crippen LogP contribution is -2.44. The Morgan fingerprint density at radius 1 is 1.00 bits per heavy atom. The Morgan fingerprint density at radius 3 is 2.28 bits per heavy atom. The molecule has 0 spiro atoms. The highest BCUT2D eigenvalue weighted by Gasteiger charge is 2.40. The topological polar surface area (TPSA) is 80.5 Å². The molecule has 2 N–H and O–H groups in total. The van der Waals surface area contributed by atoms with Crippen LogP contribution in [0.3, 0.4) is 0 Å². The van der Waals surface area contributed by atoms with Crippen molar-refractivity contribution in [2.45, 2.75) is 37.6 Å². The van der Waals surface area contributed by atoms with Crippen LogP contribution >= 0.6 is 0 Å². The quantitative estimate of drug-likeness (QED) is 0.612. The van der Waals surface area contributed by atoms with Gasteiger partial charge in [-0.3, -0.25) is 4.79 Å². The van der Waals surface area contributed by atoms with E-state index in [1.54, 1.807) is 36.4 Å². The van der Waals surface area contributed by atoms with Gasteiger partial charge in [0.25, 0.3) is 0 Å². The third kappa shape index (κ3) is 4.31. The number of halogens is 1. The lowest BCUT2D eigenvalue weighted by molar-refractivity contribution is 0.100. The summed E-state index contributed by atoms with van der Waals surface area (Å²) in [6.45, 7) is 1.85. The van der Waals surface area contributed by atoms with Crippen molar-refractivity contribution in [3.63, 3.8) is 0 Å². The van der Waals surface area contributed by atoms with Crippen LogP contribution in [0.15, 0.2) is 72.8 Å². The first kappa shape index (κ1) is 22.2. The second-order valence-electron chi connectivity index (χ2n) is 8.16. The number of hydrogen-bond donors (Lipinski definition) is 1. The van der Waals surface area contributed by atoms with Crippen molar-refractivity contribution in [3.05, 3.63) is 95.3 Å². The number of nitrogens with two attached hydrogens (primary N) is 1. The minimum absolute atomic E-state index is 0.0143. The Kier molecular flexibility index (Phi) is 6.13. The van der Waals surface area contributed by atoms with Crippen LogP contribution in [0.1, 0.15) is 46.5 Å². The Balaban J connectivity index is 1.59. The molecule has 1 amide bonds. The van der Waals surface area contributed by atoms with E-state index in [9.17, 15) is 13.2 Å². The van der Waals surface area contributed by atoms with Crippen LogP contribution in [-0.2, 0) is 16.6 Å². The molecule has 1 heterocycles. The van der Waals surface area contributed by atoms with Crippen LogP contribution in [0.5, 0.6) is 0 Å². The maximum absolute atomic E-state index is 15.0. The summed E-state index contributed by atoms with van der Waals surface area (Å²) in [6, 6.07) is 20.3. The molecule has 3 aromatic rings. The number of hydrogen-bond acceptors (Lipinski definition) is 3. The Bertz CT molecular complexity index is 1230. The van der Waals surface area contributed by atoms with E-state index in [2.05, 4.69) is 0 Å². The van der Waals surface area contributed by atoms with Crippen molar-refractivity contribution in [2.24, 2.45) is 5.73 Å². The first-order valence-electron chi connectivity index (χ1n) is 10.5. The molecule has 0 radical (unpaired) electrons. The molecule has 1 saturated heterocycles. The largest absolute Gasteiger partial charge is 0.366 e. The predicted octanol–water partition coefficient (Wildman–Crippen LogP) is 4.65. The summed E-state index contributed by atoms with van der Waals surface area (Å²) in [5.41, 5.74) is 8.11. The molecule has 0 saturated carbocycles. The van der Waals surface area contributed by atoms with Gasteiger partial charge in [-0.15, -0.1) is 0 Å². The molecule has 1 unspecified atom stereocenters. The lowest BCUT2D eigenvalue weighted by Gasteiger charge is -2.37. The average Bonchev–Trinajstić information content (AvgIpc) is 2.78. The van der Waals surface area contributed by atoms with Gasteiger partial charge in [-0.05, 0) is 54.7 Å². The van der Waals surface area contributed by atoms with E-state index in [0.29, 0.717) is 29.5 Å². The van der Waals surface area contributed by atoms with Crippen molar-refractivity contribution in [1.82, 2.24) is 4.31 Å². The molecule has 7 heteroatoms. The number of benzene rings is 3. The summed E-state index contributed by atoms with van der Waals surface area (Å²) >= 11 is 0. The summed E-state index contributed by atoms with van der Waals surface area (Å²) < 4.78 is 43.2. The predicted molar refractivity (Wildman–Crippen MR) is 123 cm³/mol. The second kappa shape index (κ2) is 8.84. The smallest absolute Gasteiger partial charge is 0.248 e. The fourth-order valence-corrected chi connectivity index (χ4v) is 6.39. The molecule has 2 atom stereocenters. The highest BCUT2D eigenvalue weighted by molar-refractivity contribution is 7.89. The SMILES string of the molecule is C[C@H]1CCC(c2ccccc2)S(=O)(=O)N1Cc1ccc(-c2ccc(C(N)=O)cc2)cc1F. The zero-order valence-corrected chi connectivity index (χ0v) is 18.6. The maximum atomic E-state index is 15.0. The molecular formula is C25H25FN2O3S. The van der Waals surface area contributed by atoms with Crippen LogP contribution in [-0.4, -0.2) is 24.7 Å². The van der Waals surface area contributed by atoms with Gasteiger partial charge in [0.15, 0.2) is 0 Å². The first-order valence-corrected chi connectivity index (χ1v) is 12.0. The molecule has 5 nitrogen and oxygen atoms in total. The van der Waals surface area contributed by atoms with E-state index in [0.717, 1.165) is 11.1 Å². The standard InChI is InChI=1S/C25H25FN2O3S/c1-17-7-14-24(19-5-3-2-4-6-19)32(30,31)28(17)16-22-13-12-21(15-23(22)26)18-8-10-20(11-9-18)25(27)29/h2-6,8-13,15,17,24H,7,14,16H2,1H3,(H2,27,29)/t17-,24?/m0/s1. The maximum Gasteiger partial charge on any atom is 0.248 e. The number of primary amides is 1. The lowest BCUT2D eigenvalue weighted by atomic mass is 10.0. The second-order valence-corrected chi connectivity index (χ2v) is 10.2. The van der Waals surface area contributed by atoms with Crippen molar-refractivity contribution in [2.75, 3.05) is 0 Å². The van der Waals surface area contributed by atoms with Gasteiger partial charge in [0.1, 0.15) is 11.1 Å². The van der Waals surface area contributed by atoms with E-state index in [-0.39, 0.29) is 12.6 Å². The molecular weight excluding hydrogens is 427 g/mol. The van der Waals surface area contributed by atoms with Gasteiger partial charge in [-0.2, -0.15) is 4.31 Å². The number of rotatable bonds is 5. The fourth-order valence-electron chi connectivity index (χ4n) is 4.20. The highest BCUT2D eigenvalue weighted by atomic mass is 32.2. The third-order valence-electron chi connectivity index (χ3n) is 6.08. The zero-order chi connectivity index (χ0) is 22.9. The van der Waals surface area contributed by atoms with Crippen LogP contribution in [0.4, 0.5) is 4.39 Å². The molecule has 166 valence electrons. The third-order valence-corrected chi connectivity index (χ3v) is 8.45. The fraction of sp³-hybridized carbons (Fsp3) is 0.240. The van der Waals surface area contributed by atoms with Crippen LogP contribution in [0.2, 0.25) is 0 Å². The van der Waals surface area contributed by atoms with E-state index in [1.807, 2.05) is 37.3 Å². The molecule has 4 rings (SSSR count). The molecule has 3 aromatic carbocycles. The van der Waals surface area contributed by atoms with Crippen molar-refractivity contribution < 1.29 is 17.6 Å². The average molecular weight is 453 g/mol. The summed E-state index contributed by atoms with van der Waals surface area (Å²) in [6.07, 6.45) is 1.26. The van der Waals surface area contributed by atoms with Gasteiger partial charge in [0, 0.05) is 23.7 Å². The minimum Gasteiger partial charge on any atom is -0.366 e. The van der Waals surface area contributed by atoms with E-state index < -0.39 is 27.0 Å².